The summed E-state index contributed by atoms with van der Waals surface area (Å²) in [6.45, 7) is 2.82. The molecule has 0 saturated carbocycles. The van der Waals surface area contributed by atoms with Crippen molar-refractivity contribution < 1.29 is 4.79 Å². The molecule has 0 atom stereocenters. The van der Waals surface area contributed by atoms with Crippen molar-refractivity contribution in [2.75, 3.05) is 6.54 Å². The van der Waals surface area contributed by atoms with Crippen molar-refractivity contribution in [3.8, 4) is 0 Å². The Morgan fingerprint density at radius 2 is 1.96 bits per heavy atom. The van der Waals surface area contributed by atoms with Crippen molar-refractivity contribution in [1.29, 1.82) is 0 Å². The van der Waals surface area contributed by atoms with Crippen molar-refractivity contribution in [2.24, 2.45) is 0 Å². The fourth-order valence-electron chi connectivity index (χ4n) is 3.28. The Balaban J connectivity index is 1.62. The first-order valence-corrected chi connectivity index (χ1v) is 8.65. The monoisotopic (exact) mass is 345 g/mol. The highest BCUT2D eigenvalue weighted by Crippen LogP contribution is 2.17. The molecular weight excluding hydrogens is 326 g/mol. The zero-order chi connectivity index (χ0) is 18.1. The fraction of sp³-hybridized carbons (Fsp3) is 0.190. The van der Waals surface area contributed by atoms with E-state index >= 15 is 0 Å². The van der Waals surface area contributed by atoms with Gasteiger partial charge in [0.25, 0.3) is 5.56 Å². The first-order chi connectivity index (χ1) is 12.6. The molecule has 0 fully saturated rings. The Bertz CT molecular complexity index is 1070. The van der Waals surface area contributed by atoms with Crippen molar-refractivity contribution in [1.82, 2.24) is 14.3 Å². The van der Waals surface area contributed by atoms with E-state index in [9.17, 15) is 9.59 Å². The lowest BCUT2D eigenvalue weighted by atomic mass is 10.1. The van der Waals surface area contributed by atoms with E-state index in [0.29, 0.717) is 30.7 Å². The highest BCUT2D eigenvalue weighted by Gasteiger charge is 2.24. The third kappa shape index (κ3) is 2.92. The van der Waals surface area contributed by atoms with Gasteiger partial charge >= 0.3 is 0 Å². The van der Waals surface area contributed by atoms with Crippen molar-refractivity contribution in [2.45, 2.75) is 19.9 Å². The number of aryl methyl sites for hydroxylation is 1. The minimum atomic E-state index is -0.0896. The van der Waals surface area contributed by atoms with Gasteiger partial charge in [0.2, 0.25) is 5.91 Å². The number of fused-ring (bicyclic) bond motifs is 2. The molecule has 1 aliphatic rings. The van der Waals surface area contributed by atoms with Crippen LogP contribution in [0.1, 0.15) is 22.4 Å². The minimum Gasteiger partial charge on any atom is -0.334 e. The molecule has 0 bridgehead atoms. The number of pyridine rings is 1. The standard InChI is InChI=1S/C21H19N3O2/c1-15-6-5-12-24-20(15)22-18-11-13-23(14-17(18)21(24)26)19(25)10-9-16-7-3-2-4-8-16/h2-10,12H,11,13-14H2,1H3/b10-9+. The Morgan fingerprint density at radius 1 is 1.15 bits per heavy atom. The lowest BCUT2D eigenvalue weighted by Crippen LogP contribution is -2.39. The highest BCUT2D eigenvalue weighted by molar-refractivity contribution is 5.91. The minimum absolute atomic E-state index is 0.0850. The third-order valence-corrected chi connectivity index (χ3v) is 4.73. The molecule has 0 radical (unpaired) electrons. The molecule has 5 nitrogen and oxygen atoms in total. The third-order valence-electron chi connectivity index (χ3n) is 4.73. The molecule has 2 aromatic heterocycles. The smallest absolute Gasteiger partial charge is 0.263 e. The summed E-state index contributed by atoms with van der Waals surface area (Å²) in [5.74, 6) is -0.0896. The average Bonchev–Trinajstić information content (AvgIpc) is 2.68. The maximum atomic E-state index is 12.8. The molecule has 1 aromatic carbocycles. The van der Waals surface area contributed by atoms with E-state index in [1.807, 2.05) is 49.4 Å². The summed E-state index contributed by atoms with van der Waals surface area (Å²) in [6.07, 6.45) is 5.69. The van der Waals surface area contributed by atoms with Gasteiger partial charge in [0, 0.05) is 25.2 Å². The lowest BCUT2D eigenvalue weighted by molar-refractivity contribution is -0.126. The van der Waals surface area contributed by atoms with Gasteiger partial charge in [-0.15, -0.1) is 0 Å². The van der Waals surface area contributed by atoms with Crippen LogP contribution in [0, 0.1) is 6.92 Å². The average molecular weight is 345 g/mol. The van der Waals surface area contributed by atoms with Gasteiger partial charge in [-0.25, -0.2) is 4.98 Å². The van der Waals surface area contributed by atoms with Gasteiger partial charge in [0.05, 0.1) is 17.8 Å². The molecule has 0 spiro atoms. The van der Waals surface area contributed by atoms with Crippen LogP contribution in [-0.4, -0.2) is 26.7 Å². The van der Waals surface area contributed by atoms with Gasteiger partial charge in [0.1, 0.15) is 5.65 Å². The lowest BCUT2D eigenvalue weighted by Gasteiger charge is -2.27. The molecule has 4 rings (SSSR count). The SMILES string of the molecule is Cc1cccn2c(=O)c3c(nc12)CCN(C(=O)/C=C/c1ccccc1)C3. The Labute approximate surface area is 151 Å². The summed E-state index contributed by atoms with van der Waals surface area (Å²) >= 11 is 0. The van der Waals surface area contributed by atoms with Crippen LogP contribution < -0.4 is 5.56 Å². The first kappa shape index (κ1) is 16.3. The second-order valence-corrected chi connectivity index (χ2v) is 6.48. The van der Waals surface area contributed by atoms with Crippen LogP contribution >= 0.6 is 0 Å². The molecule has 1 amide bonds. The zero-order valence-electron chi connectivity index (χ0n) is 14.6. The van der Waals surface area contributed by atoms with Crippen molar-refractivity contribution >= 4 is 17.6 Å². The van der Waals surface area contributed by atoms with E-state index in [2.05, 4.69) is 4.98 Å². The summed E-state index contributed by atoms with van der Waals surface area (Å²) < 4.78 is 1.57. The molecular formula is C21H19N3O2. The second kappa shape index (κ2) is 6.59. The fourth-order valence-corrected chi connectivity index (χ4v) is 3.28. The van der Waals surface area contributed by atoms with Crippen LogP contribution in [0.3, 0.4) is 0 Å². The quantitative estimate of drug-likeness (QED) is 0.671. The number of carbonyl (C=O) groups excluding carboxylic acids is 1. The molecule has 26 heavy (non-hydrogen) atoms. The molecule has 1 aliphatic heterocycles. The predicted molar refractivity (Wildman–Crippen MR) is 101 cm³/mol. The molecule has 0 unspecified atom stereocenters. The van der Waals surface area contributed by atoms with Crippen molar-refractivity contribution in [3.63, 3.8) is 0 Å². The number of rotatable bonds is 2. The van der Waals surface area contributed by atoms with Gasteiger partial charge in [0.15, 0.2) is 0 Å². The van der Waals surface area contributed by atoms with Crippen LogP contribution in [0.15, 0.2) is 59.5 Å². The maximum absolute atomic E-state index is 12.8. The van der Waals surface area contributed by atoms with Crippen LogP contribution in [-0.2, 0) is 17.8 Å². The predicted octanol–water partition coefficient (Wildman–Crippen LogP) is 2.60. The number of aromatic nitrogens is 2. The largest absolute Gasteiger partial charge is 0.334 e. The van der Waals surface area contributed by atoms with Crippen LogP contribution in [0.4, 0.5) is 0 Å². The van der Waals surface area contributed by atoms with Crippen LogP contribution in [0.5, 0.6) is 0 Å². The van der Waals surface area contributed by atoms with Gasteiger partial charge in [-0.3, -0.25) is 14.0 Å². The van der Waals surface area contributed by atoms with E-state index in [-0.39, 0.29) is 11.5 Å². The number of carbonyl (C=O) groups is 1. The number of nitrogens with zero attached hydrogens (tertiary/aromatic N) is 3. The second-order valence-electron chi connectivity index (χ2n) is 6.48. The van der Waals surface area contributed by atoms with Crippen LogP contribution in [0.2, 0.25) is 0 Å². The molecule has 0 N–H and O–H groups in total. The Kier molecular flexibility index (Phi) is 4.13. The van der Waals surface area contributed by atoms with Crippen LogP contribution in [0.25, 0.3) is 11.7 Å². The number of benzene rings is 1. The van der Waals surface area contributed by atoms with E-state index < -0.39 is 0 Å². The Hall–Kier alpha value is -3.21. The van der Waals surface area contributed by atoms with E-state index in [1.54, 1.807) is 27.6 Å². The summed E-state index contributed by atoms with van der Waals surface area (Å²) in [6, 6.07) is 13.5. The summed E-state index contributed by atoms with van der Waals surface area (Å²) in [5, 5.41) is 0. The molecule has 0 aliphatic carbocycles. The van der Waals surface area contributed by atoms with Gasteiger partial charge < -0.3 is 4.90 Å². The number of hydrogen-bond acceptors (Lipinski definition) is 3. The highest BCUT2D eigenvalue weighted by atomic mass is 16.2. The molecule has 5 heteroatoms. The Morgan fingerprint density at radius 3 is 2.77 bits per heavy atom. The van der Waals surface area contributed by atoms with E-state index in [4.69, 9.17) is 0 Å². The summed E-state index contributed by atoms with van der Waals surface area (Å²) in [4.78, 5) is 31.7. The van der Waals surface area contributed by atoms with Gasteiger partial charge in [-0.05, 0) is 30.2 Å². The topological polar surface area (TPSA) is 54.7 Å². The number of hydrogen-bond donors (Lipinski definition) is 0. The normalized spacial score (nSPS) is 14.0. The molecule has 130 valence electrons. The molecule has 0 saturated heterocycles. The maximum Gasteiger partial charge on any atom is 0.263 e. The first-order valence-electron chi connectivity index (χ1n) is 8.65. The summed E-state index contributed by atoms with van der Waals surface area (Å²) in [7, 11) is 0. The van der Waals surface area contributed by atoms with Crippen molar-refractivity contribution in [3.05, 3.63) is 87.5 Å². The zero-order valence-corrected chi connectivity index (χ0v) is 14.6. The van der Waals surface area contributed by atoms with Gasteiger partial charge in [-0.1, -0.05) is 36.4 Å². The van der Waals surface area contributed by atoms with E-state index in [0.717, 1.165) is 16.8 Å². The molecule has 3 heterocycles. The summed E-state index contributed by atoms with van der Waals surface area (Å²) in [5.41, 5.74) is 3.97. The van der Waals surface area contributed by atoms with E-state index in [1.165, 1.54) is 0 Å². The molecule has 3 aromatic rings. The van der Waals surface area contributed by atoms with Gasteiger partial charge in [-0.2, -0.15) is 0 Å². The number of amides is 1.